The number of rotatable bonds is 9. The second-order valence-corrected chi connectivity index (χ2v) is 9.31. The highest BCUT2D eigenvalue weighted by Gasteiger charge is 2.28. The Morgan fingerprint density at radius 3 is 2.69 bits per heavy atom. The van der Waals surface area contributed by atoms with Crippen LogP contribution >= 0.6 is 0 Å². The predicted octanol–water partition coefficient (Wildman–Crippen LogP) is 2.71. The first-order valence-electron chi connectivity index (χ1n) is 12.5. The largest absolute Gasteiger partial charge is 0.462 e. The molecule has 3 N–H and O–H groups in total. The molecular weight excluding hydrogens is 444 g/mol. The van der Waals surface area contributed by atoms with E-state index in [9.17, 15) is 14.7 Å². The predicted molar refractivity (Wildman–Crippen MR) is 137 cm³/mol. The van der Waals surface area contributed by atoms with Crippen LogP contribution in [0.15, 0.2) is 18.2 Å². The molecule has 0 aliphatic carbocycles. The summed E-state index contributed by atoms with van der Waals surface area (Å²) in [4.78, 5) is 33.9. The van der Waals surface area contributed by atoms with Gasteiger partial charge in [0.25, 0.3) is 5.91 Å². The number of piperazine rings is 1. The Bertz CT molecular complexity index is 1110. The number of amides is 1. The van der Waals surface area contributed by atoms with Crippen LogP contribution in [0.2, 0.25) is 0 Å². The highest BCUT2D eigenvalue weighted by Crippen LogP contribution is 2.37. The van der Waals surface area contributed by atoms with E-state index < -0.39 is 0 Å². The lowest BCUT2D eigenvalue weighted by atomic mass is 9.96. The number of nitrogens with one attached hydrogen (secondary N) is 2. The number of aliphatic hydroxyl groups is 1. The highest BCUT2D eigenvalue weighted by molar-refractivity contribution is 6.35. The molecule has 35 heavy (non-hydrogen) atoms. The van der Waals surface area contributed by atoms with Crippen LogP contribution in [0.1, 0.15) is 51.8 Å². The van der Waals surface area contributed by atoms with Crippen molar-refractivity contribution < 1.29 is 19.4 Å². The van der Waals surface area contributed by atoms with Gasteiger partial charge >= 0.3 is 5.97 Å². The van der Waals surface area contributed by atoms with E-state index in [1.807, 2.05) is 31.2 Å². The van der Waals surface area contributed by atoms with Gasteiger partial charge in [0.1, 0.15) is 0 Å². The molecule has 1 amide bonds. The molecule has 1 aromatic carbocycles. The zero-order valence-corrected chi connectivity index (χ0v) is 20.9. The molecule has 0 atom stereocenters. The van der Waals surface area contributed by atoms with Crippen LogP contribution < -0.4 is 5.32 Å². The molecule has 8 nitrogen and oxygen atoms in total. The van der Waals surface area contributed by atoms with Gasteiger partial charge in [0.2, 0.25) is 0 Å². The number of hydrogen-bond donors (Lipinski definition) is 3. The summed E-state index contributed by atoms with van der Waals surface area (Å²) in [6.07, 6.45) is 3.92. The summed E-state index contributed by atoms with van der Waals surface area (Å²) in [5, 5.41) is 12.5. The zero-order chi connectivity index (χ0) is 24.9. The molecule has 2 aliphatic heterocycles. The van der Waals surface area contributed by atoms with Crippen molar-refractivity contribution in [1.82, 2.24) is 14.8 Å². The third-order valence-electron chi connectivity index (χ3n) is 6.88. The molecule has 0 saturated carbocycles. The topological polar surface area (TPSA) is 97.9 Å². The maximum atomic E-state index is 12.9. The third-order valence-corrected chi connectivity index (χ3v) is 6.88. The van der Waals surface area contributed by atoms with Crippen LogP contribution in [0.5, 0.6) is 0 Å². The van der Waals surface area contributed by atoms with Gasteiger partial charge in [-0.05, 0) is 70.0 Å². The Labute approximate surface area is 207 Å². The van der Waals surface area contributed by atoms with Crippen molar-refractivity contribution in [2.75, 3.05) is 58.3 Å². The van der Waals surface area contributed by atoms with Gasteiger partial charge in [-0.1, -0.05) is 12.1 Å². The average molecular weight is 481 g/mol. The number of fused-ring (bicyclic) bond motifs is 1. The number of nitrogens with zero attached hydrogens (tertiary/aromatic N) is 2. The van der Waals surface area contributed by atoms with E-state index in [-0.39, 0.29) is 18.5 Å². The smallest absolute Gasteiger partial charge is 0.340 e. The van der Waals surface area contributed by atoms with Gasteiger partial charge in [0, 0.05) is 55.4 Å². The number of aromatic nitrogens is 1. The zero-order valence-electron chi connectivity index (χ0n) is 20.9. The van der Waals surface area contributed by atoms with Crippen LogP contribution in [-0.4, -0.2) is 84.8 Å². The summed E-state index contributed by atoms with van der Waals surface area (Å²) < 4.78 is 5.37. The van der Waals surface area contributed by atoms with E-state index in [4.69, 9.17) is 4.74 Å². The molecule has 1 aromatic heterocycles. The molecule has 0 spiro atoms. The molecule has 8 heteroatoms. The van der Waals surface area contributed by atoms with E-state index in [0.29, 0.717) is 30.6 Å². The van der Waals surface area contributed by atoms with Crippen molar-refractivity contribution in [2.24, 2.45) is 0 Å². The molecule has 3 heterocycles. The molecule has 0 unspecified atom stereocenters. The van der Waals surface area contributed by atoms with Crippen molar-refractivity contribution in [3.63, 3.8) is 0 Å². The first kappa shape index (κ1) is 25.2. The highest BCUT2D eigenvalue weighted by atomic mass is 16.5. The van der Waals surface area contributed by atoms with Crippen LogP contribution in [0.3, 0.4) is 0 Å². The van der Waals surface area contributed by atoms with E-state index in [1.165, 1.54) is 0 Å². The number of benzene rings is 1. The minimum Gasteiger partial charge on any atom is -0.462 e. The second-order valence-electron chi connectivity index (χ2n) is 9.31. The second kappa shape index (κ2) is 11.2. The van der Waals surface area contributed by atoms with E-state index >= 15 is 0 Å². The maximum absolute atomic E-state index is 12.9. The van der Waals surface area contributed by atoms with Gasteiger partial charge < -0.3 is 29.9 Å². The number of carbonyl (C=O) groups is 2. The first-order chi connectivity index (χ1) is 16.9. The standard InChI is InChI=1S/C27H36N4O4/c1-4-35-27(34)24-18(2)28-23(20(24)8-6-11-31-14-12-30(3)13-15-31)17-21-25-19(10-16-32)7-5-9-22(25)29-26(21)33/h5,7,9,17,28,32H,4,6,8,10-16H2,1-3H3,(H,29,33). The van der Waals surface area contributed by atoms with E-state index in [2.05, 4.69) is 27.1 Å². The Morgan fingerprint density at radius 2 is 1.97 bits per heavy atom. The minimum atomic E-state index is -0.335. The van der Waals surface area contributed by atoms with Gasteiger partial charge in [-0.2, -0.15) is 0 Å². The van der Waals surface area contributed by atoms with Crippen molar-refractivity contribution in [3.05, 3.63) is 51.8 Å². The van der Waals surface area contributed by atoms with Crippen molar-refractivity contribution >= 4 is 29.2 Å². The molecule has 188 valence electrons. The van der Waals surface area contributed by atoms with Gasteiger partial charge in [0.05, 0.1) is 17.7 Å². The number of anilines is 1. The SMILES string of the molecule is CCOC(=O)c1c(C)[nH]c(C=C2C(=O)Nc3cccc(CCO)c32)c1CCCN1CCN(C)CC1. The molecule has 2 aliphatic rings. The lowest BCUT2D eigenvalue weighted by Gasteiger charge is -2.32. The summed E-state index contributed by atoms with van der Waals surface area (Å²) in [5.74, 6) is -0.517. The average Bonchev–Trinajstić information content (AvgIpc) is 3.32. The van der Waals surface area contributed by atoms with Crippen molar-refractivity contribution in [2.45, 2.75) is 33.1 Å². The molecule has 0 radical (unpaired) electrons. The lowest BCUT2D eigenvalue weighted by molar-refractivity contribution is -0.110. The summed E-state index contributed by atoms with van der Waals surface area (Å²) in [6.45, 7) is 9.18. The number of hydrogen-bond acceptors (Lipinski definition) is 6. The normalized spacial score (nSPS) is 17.6. The Kier molecular flexibility index (Phi) is 8.05. The summed E-state index contributed by atoms with van der Waals surface area (Å²) in [6, 6.07) is 5.69. The van der Waals surface area contributed by atoms with Crippen molar-refractivity contribution in [1.29, 1.82) is 0 Å². The van der Waals surface area contributed by atoms with E-state index in [1.54, 1.807) is 6.92 Å². The van der Waals surface area contributed by atoms with Crippen LogP contribution in [0.4, 0.5) is 5.69 Å². The number of aryl methyl sites for hydroxylation is 1. The van der Waals surface area contributed by atoms with Gasteiger partial charge in [0.15, 0.2) is 0 Å². The number of carbonyl (C=O) groups excluding carboxylic acids is 2. The lowest BCUT2D eigenvalue weighted by Crippen LogP contribution is -2.44. The number of ether oxygens (including phenoxy) is 1. The van der Waals surface area contributed by atoms with Crippen molar-refractivity contribution in [3.8, 4) is 0 Å². The quantitative estimate of drug-likeness (QED) is 0.377. The van der Waals surface area contributed by atoms with Gasteiger partial charge in [-0.3, -0.25) is 4.79 Å². The fraction of sp³-hybridized carbons (Fsp3) is 0.481. The molecular formula is C27H36N4O4. The number of esters is 1. The van der Waals surface area contributed by atoms with Crippen LogP contribution in [0, 0.1) is 6.92 Å². The molecule has 1 saturated heterocycles. The van der Waals surface area contributed by atoms with Gasteiger partial charge in [-0.25, -0.2) is 4.79 Å². The number of aliphatic hydroxyl groups excluding tert-OH is 1. The van der Waals surface area contributed by atoms with Crippen LogP contribution in [-0.2, 0) is 22.4 Å². The fourth-order valence-electron chi connectivity index (χ4n) is 5.05. The Balaban J connectivity index is 1.66. The fourth-order valence-corrected chi connectivity index (χ4v) is 5.05. The molecule has 2 aromatic rings. The molecule has 1 fully saturated rings. The molecule has 0 bridgehead atoms. The summed E-state index contributed by atoms with van der Waals surface area (Å²) >= 11 is 0. The summed E-state index contributed by atoms with van der Waals surface area (Å²) in [7, 11) is 2.15. The number of likely N-dealkylation sites (N-methyl/N-ethyl adjacent to an activating group) is 1. The molecule has 4 rings (SSSR count). The Hall–Kier alpha value is -2.94. The third kappa shape index (κ3) is 5.50. The Morgan fingerprint density at radius 1 is 1.20 bits per heavy atom. The van der Waals surface area contributed by atoms with Crippen LogP contribution in [0.25, 0.3) is 11.6 Å². The number of aromatic amines is 1. The first-order valence-corrected chi connectivity index (χ1v) is 12.5. The maximum Gasteiger partial charge on any atom is 0.340 e. The summed E-state index contributed by atoms with van der Waals surface area (Å²) in [5.41, 5.74) is 5.99. The monoisotopic (exact) mass is 480 g/mol. The van der Waals surface area contributed by atoms with Gasteiger partial charge in [-0.15, -0.1) is 0 Å². The minimum absolute atomic E-state index is 0.00405. The number of H-pyrrole nitrogens is 1. The van der Waals surface area contributed by atoms with E-state index in [0.717, 1.165) is 72.9 Å².